The fourth-order valence-electron chi connectivity index (χ4n) is 3.12. The Labute approximate surface area is 169 Å². The highest BCUT2D eigenvalue weighted by molar-refractivity contribution is 6.06. The van der Waals surface area contributed by atoms with Crippen LogP contribution in [0.25, 0.3) is 16.3 Å². The van der Waals surface area contributed by atoms with Gasteiger partial charge >= 0.3 is 0 Å². The predicted octanol–water partition coefficient (Wildman–Crippen LogP) is 5.76. The SMILES string of the molecule is Cc1ccc(/C(=C/C=C/C(=O)Nc2cccc3cnccc23)c2ccco2)cc1. The lowest BCUT2D eigenvalue weighted by Crippen LogP contribution is -2.08. The number of furan rings is 1. The molecule has 0 saturated carbocycles. The minimum absolute atomic E-state index is 0.201. The van der Waals surface area contributed by atoms with Gasteiger partial charge in [0.25, 0.3) is 0 Å². The predicted molar refractivity (Wildman–Crippen MR) is 116 cm³/mol. The number of anilines is 1. The summed E-state index contributed by atoms with van der Waals surface area (Å²) in [6, 6.07) is 19.6. The Morgan fingerprint density at radius 1 is 1.03 bits per heavy atom. The molecule has 4 rings (SSSR count). The zero-order valence-corrected chi connectivity index (χ0v) is 16.0. The Bertz CT molecular complexity index is 1180. The number of aryl methyl sites for hydroxylation is 1. The van der Waals surface area contributed by atoms with Gasteiger partial charge in [-0.2, -0.15) is 0 Å². The van der Waals surface area contributed by atoms with E-state index in [0.717, 1.165) is 33.4 Å². The van der Waals surface area contributed by atoms with Gasteiger partial charge in [0.1, 0.15) is 5.76 Å². The summed E-state index contributed by atoms with van der Waals surface area (Å²) in [5.41, 5.74) is 3.88. The number of pyridine rings is 1. The van der Waals surface area contributed by atoms with E-state index in [2.05, 4.69) is 22.4 Å². The molecular weight excluding hydrogens is 360 g/mol. The summed E-state index contributed by atoms with van der Waals surface area (Å²) in [5.74, 6) is 0.550. The first-order valence-corrected chi connectivity index (χ1v) is 9.34. The van der Waals surface area contributed by atoms with E-state index in [-0.39, 0.29) is 5.91 Å². The molecule has 0 fully saturated rings. The van der Waals surface area contributed by atoms with Gasteiger partial charge in [0.15, 0.2) is 0 Å². The second-order valence-corrected chi connectivity index (χ2v) is 6.67. The van der Waals surface area contributed by atoms with Gasteiger partial charge in [0.2, 0.25) is 5.91 Å². The molecule has 4 nitrogen and oxygen atoms in total. The highest BCUT2D eigenvalue weighted by Crippen LogP contribution is 2.25. The fraction of sp³-hybridized carbons (Fsp3) is 0.0400. The first kappa shape index (κ1) is 18.4. The number of benzene rings is 2. The average molecular weight is 380 g/mol. The average Bonchev–Trinajstić information content (AvgIpc) is 3.27. The Balaban J connectivity index is 1.56. The summed E-state index contributed by atoms with van der Waals surface area (Å²) in [4.78, 5) is 16.6. The van der Waals surface area contributed by atoms with E-state index < -0.39 is 0 Å². The van der Waals surface area contributed by atoms with E-state index in [9.17, 15) is 4.79 Å². The monoisotopic (exact) mass is 380 g/mol. The second-order valence-electron chi connectivity index (χ2n) is 6.67. The number of nitrogens with zero attached hydrogens (tertiary/aromatic N) is 1. The summed E-state index contributed by atoms with van der Waals surface area (Å²) >= 11 is 0. The number of carbonyl (C=O) groups is 1. The number of rotatable bonds is 5. The van der Waals surface area contributed by atoms with Crippen molar-refractivity contribution in [1.29, 1.82) is 0 Å². The smallest absolute Gasteiger partial charge is 0.248 e. The summed E-state index contributed by atoms with van der Waals surface area (Å²) in [7, 11) is 0. The highest BCUT2D eigenvalue weighted by atomic mass is 16.3. The first-order chi connectivity index (χ1) is 14.2. The van der Waals surface area contributed by atoms with Gasteiger partial charge in [-0.1, -0.05) is 54.1 Å². The van der Waals surface area contributed by atoms with Crippen LogP contribution in [0.4, 0.5) is 5.69 Å². The Morgan fingerprint density at radius 2 is 1.90 bits per heavy atom. The number of fused-ring (bicyclic) bond motifs is 1. The minimum atomic E-state index is -0.201. The van der Waals surface area contributed by atoms with Crippen molar-refractivity contribution >= 4 is 27.9 Å². The Kier molecular flexibility index (Phi) is 5.34. The van der Waals surface area contributed by atoms with Gasteiger partial charge in [-0.05, 0) is 36.8 Å². The van der Waals surface area contributed by atoms with Crippen molar-refractivity contribution in [2.24, 2.45) is 0 Å². The van der Waals surface area contributed by atoms with Crippen LogP contribution in [0.3, 0.4) is 0 Å². The number of hydrogen-bond acceptors (Lipinski definition) is 3. The van der Waals surface area contributed by atoms with Crippen LogP contribution in [0.5, 0.6) is 0 Å². The van der Waals surface area contributed by atoms with Crippen LogP contribution in [0, 0.1) is 6.92 Å². The van der Waals surface area contributed by atoms with Crippen LogP contribution in [-0.2, 0) is 4.79 Å². The van der Waals surface area contributed by atoms with E-state index in [4.69, 9.17) is 4.42 Å². The number of amides is 1. The van der Waals surface area contributed by atoms with Gasteiger partial charge in [-0.25, -0.2) is 0 Å². The molecule has 0 spiro atoms. The van der Waals surface area contributed by atoms with Gasteiger partial charge in [0, 0.05) is 40.5 Å². The fourth-order valence-corrected chi connectivity index (χ4v) is 3.12. The maximum Gasteiger partial charge on any atom is 0.248 e. The summed E-state index contributed by atoms with van der Waals surface area (Å²) < 4.78 is 5.57. The van der Waals surface area contributed by atoms with Crippen molar-refractivity contribution in [2.45, 2.75) is 6.92 Å². The molecule has 4 aromatic rings. The molecule has 1 amide bonds. The molecule has 142 valence electrons. The quantitative estimate of drug-likeness (QED) is 0.354. The van der Waals surface area contributed by atoms with Crippen LogP contribution in [0.1, 0.15) is 16.9 Å². The van der Waals surface area contributed by atoms with E-state index in [1.165, 1.54) is 11.6 Å². The second kappa shape index (κ2) is 8.40. The summed E-state index contributed by atoms with van der Waals surface area (Å²) in [6.45, 7) is 2.05. The zero-order chi connectivity index (χ0) is 20.1. The zero-order valence-electron chi connectivity index (χ0n) is 16.0. The number of allylic oxidation sites excluding steroid dienone is 2. The van der Waals surface area contributed by atoms with E-state index in [1.54, 1.807) is 24.7 Å². The lowest BCUT2D eigenvalue weighted by molar-refractivity contribution is -0.111. The van der Waals surface area contributed by atoms with Crippen molar-refractivity contribution in [3.05, 3.63) is 114 Å². The first-order valence-electron chi connectivity index (χ1n) is 9.34. The third kappa shape index (κ3) is 4.33. The third-order valence-electron chi connectivity index (χ3n) is 4.60. The van der Waals surface area contributed by atoms with Crippen molar-refractivity contribution in [2.75, 3.05) is 5.32 Å². The highest BCUT2D eigenvalue weighted by Gasteiger charge is 2.07. The maximum atomic E-state index is 12.4. The molecule has 2 aromatic heterocycles. The van der Waals surface area contributed by atoms with E-state index in [0.29, 0.717) is 0 Å². The third-order valence-corrected chi connectivity index (χ3v) is 4.60. The van der Waals surface area contributed by atoms with Gasteiger partial charge < -0.3 is 9.73 Å². The van der Waals surface area contributed by atoms with Crippen molar-refractivity contribution < 1.29 is 9.21 Å². The van der Waals surface area contributed by atoms with Gasteiger partial charge in [-0.3, -0.25) is 9.78 Å². The van der Waals surface area contributed by atoms with Crippen molar-refractivity contribution in [3.63, 3.8) is 0 Å². The van der Waals surface area contributed by atoms with Crippen LogP contribution in [-0.4, -0.2) is 10.9 Å². The van der Waals surface area contributed by atoms with Gasteiger partial charge in [-0.15, -0.1) is 0 Å². The van der Waals surface area contributed by atoms with Gasteiger partial charge in [0.05, 0.1) is 6.26 Å². The molecular formula is C25H20N2O2. The molecule has 29 heavy (non-hydrogen) atoms. The molecule has 0 atom stereocenters. The minimum Gasteiger partial charge on any atom is -0.464 e. The molecule has 0 bridgehead atoms. The van der Waals surface area contributed by atoms with Crippen LogP contribution >= 0.6 is 0 Å². The number of aromatic nitrogens is 1. The topological polar surface area (TPSA) is 55.1 Å². The largest absolute Gasteiger partial charge is 0.464 e. The number of hydrogen-bond donors (Lipinski definition) is 1. The Hall–Kier alpha value is -3.92. The molecule has 0 unspecified atom stereocenters. The number of carbonyl (C=O) groups excluding carboxylic acids is 1. The summed E-state index contributed by atoms with van der Waals surface area (Å²) in [5, 5.41) is 4.87. The molecule has 2 heterocycles. The molecule has 0 radical (unpaired) electrons. The Morgan fingerprint density at radius 3 is 2.69 bits per heavy atom. The maximum absolute atomic E-state index is 12.4. The lowest BCUT2D eigenvalue weighted by atomic mass is 10.0. The standard InChI is InChI=1S/C25H20N2O2/c1-18-10-12-19(13-11-18)22(24-8-4-16-29-24)6-3-9-25(28)27-23-7-2-5-20-17-26-15-14-21(20)23/h2-17H,1H3,(H,27,28)/b9-3+,22-6-. The molecule has 4 heteroatoms. The molecule has 0 saturated heterocycles. The summed E-state index contributed by atoms with van der Waals surface area (Å²) in [6.07, 6.45) is 10.3. The normalized spacial score (nSPS) is 11.8. The van der Waals surface area contributed by atoms with Crippen LogP contribution < -0.4 is 5.32 Å². The molecule has 0 aliphatic carbocycles. The van der Waals surface area contributed by atoms with Crippen molar-refractivity contribution in [1.82, 2.24) is 4.98 Å². The van der Waals surface area contributed by atoms with E-state index >= 15 is 0 Å². The van der Waals surface area contributed by atoms with Crippen LogP contribution in [0.15, 0.2) is 102 Å². The molecule has 0 aliphatic heterocycles. The molecule has 0 aliphatic rings. The van der Waals surface area contributed by atoms with Crippen molar-refractivity contribution in [3.8, 4) is 0 Å². The molecule has 1 N–H and O–H groups in total. The molecule has 2 aromatic carbocycles. The lowest BCUT2D eigenvalue weighted by Gasteiger charge is -2.06. The van der Waals surface area contributed by atoms with E-state index in [1.807, 2.05) is 61.5 Å². The van der Waals surface area contributed by atoms with Crippen LogP contribution in [0.2, 0.25) is 0 Å². The number of nitrogens with one attached hydrogen (secondary N) is 1.